The Bertz CT molecular complexity index is 4040. The first-order valence-electron chi connectivity index (χ1n) is 46.1. The zero-order chi connectivity index (χ0) is 102. The summed E-state index contributed by atoms with van der Waals surface area (Å²) in [6.07, 6.45) is -71.3. The molecule has 24 rings (SSSR count). The fourth-order valence-electron chi connectivity index (χ4n) is 17.7. The maximum Gasteiger partial charge on any atom is 0.321 e. The summed E-state index contributed by atoms with van der Waals surface area (Å²) < 4.78 is 105. The number of cyclic esters (lactones) is 1. The Hall–Kier alpha value is -4.11. The Morgan fingerprint density at radius 1 is 0.518 bits per heavy atom. The van der Waals surface area contributed by atoms with Crippen LogP contribution in [0.2, 0.25) is 0 Å². The van der Waals surface area contributed by atoms with E-state index in [0.29, 0.717) is 13.0 Å². The van der Waals surface area contributed by atoms with Crippen LogP contribution in [0.25, 0.3) is 6.08 Å². The quantitative estimate of drug-likeness (QED) is 0.0193. The van der Waals surface area contributed by atoms with Gasteiger partial charge in [0.2, 0.25) is 0 Å². The Morgan fingerprint density at radius 2 is 0.885 bits per heavy atom. The third-order valence-electron chi connectivity index (χ3n) is 26.6. The highest BCUT2D eigenvalue weighted by Gasteiger charge is 2.61. The summed E-state index contributed by atoms with van der Waals surface area (Å²) in [5.41, 5.74) is 5.74. The number of rotatable bonds is 30. The number of thioether (sulfide) groups is 2. The van der Waals surface area contributed by atoms with E-state index in [0.717, 1.165) is 59.1 Å². The number of nitrogens with one attached hydrogen (secondary N) is 1. The molecule has 23 saturated heterocycles. The van der Waals surface area contributed by atoms with Gasteiger partial charge in [-0.15, -0.1) is 11.3 Å². The number of Topliss-reactive ketones (excluding diaryl/α,β-unsaturated/α-hetero) is 3. The minimum absolute atomic E-state index is 0.0645. The second-order valence-corrected chi connectivity index (χ2v) is 40.2. The molecule has 53 heteroatoms. The molecule has 50 nitrogen and oxygen atoms in total. The number of aliphatic hydroxyl groups excluding tert-OH is 21. The van der Waals surface area contributed by atoms with Crippen molar-refractivity contribution in [1.82, 2.24) is 10.3 Å². The molecule has 0 saturated carbocycles. The number of carbonyl (C=O) groups is 6. The number of carbonyl (C=O) groups excluding carboxylic acids is 4. The van der Waals surface area contributed by atoms with Gasteiger partial charge in [0.15, 0.2) is 44.0 Å². The van der Waals surface area contributed by atoms with Crippen molar-refractivity contribution in [2.45, 2.75) is 357 Å². The summed E-state index contributed by atoms with van der Waals surface area (Å²) >= 11 is 3.14. The maximum absolute atomic E-state index is 13.2. The van der Waals surface area contributed by atoms with E-state index in [1.165, 1.54) is 25.3 Å². The van der Waals surface area contributed by atoms with Gasteiger partial charge in [-0.3, -0.25) is 28.8 Å². The molecule has 24 heterocycles. The van der Waals surface area contributed by atoms with E-state index in [1.54, 1.807) is 20.8 Å². The number of ketones is 3. The number of likely N-dealkylation sites (N-methyl/N-ethyl adjacent to an activating group) is 1. The van der Waals surface area contributed by atoms with Crippen LogP contribution in [0.5, 0.6) is 0 Å². The van der Waals surface area contributed by atoms with Gasteiger partial charge in [0.05, 0.1) is 119 Å². The van der Waals surface area contributed by atoms with Gasteiger partial charge in [-0.2, -0.15) is 23.5 Å². The van der Waals surface area contributed by atoms with Crippen molar-refractivity contribution in [2.24, 2.45) is 28.9 Å². The molecule has 15 unspecified atom stereocenters. The highest BCUT2D eigenvalue weighted by atomic mass is 32.2. The Kier molecular flexibility index (Phi) is 44.7. The highest BCUT2D eigenvalue weighted by Crippen LogP contribution is 2.47. The van der Waals surface area contributed by atoms with Crippen molar-refractivity contribution in [2.75, 3.05) is 89.5 Å². The smallest absolute Gasteiger partial charge is 0.321 e. The average molecular weight is 2060 g/mol. The van der Waals surface area contributed by atoms with E-state index < -0.39 is 325 Å². The van der Waals surface area contributed by atoms with E-state index in [1.807, 2.05) is 25.3 Å². The van der Waals surface area contributed by atoms with Crippen molar-refractivity contribution >= 4 is 76.2 Å². The largest absolute Gasteiger partial charge is 0.481 e. The van der Waals surface area contributed by atoms with Crippen LogP contribution in [-0.4, -0.2) is 498 Å². The zero-order valence-electron chi connectivity index (χ0n) is 77.9. The molecule has 1 aromatic heterocycles. The fraction of sp³-hybridized carbons (Fsp3) is 0.872. The van der Waals surface area contributed by atoms with Gasteiger partial charge in [-0.1, -0.05) is 34.1 Å². The lowest BCUT2D eigenvalue weighted by Gasteiger charge is -2.50. The Balaban J connectivity index is 0.000000461. The molecule has 23 aliphatic heterocycles. The molecule has 26 N–H and O–H groups in total. The molecule has 0 amide bonds. The molecule has 0 aliphatic carbocycles. The number of hydrogen-bond donors (Lipinski definition) is 25. The van der Waals surface area contributed by atoms with E-state index in [-0.39, 0.29) is 92.1 Å². The monoisotopic (exact) mass is 2060 g/mol. The number of esters is 1. The summed E-state index contributed by atoms with van der Waals surface area (Å²) in [6.45, 7) is 7.30. The zero-order valence-corrected chi connectivity index (χ0v) is 80.3. The number of epoxide rings is 1. The number of fused-ring (bicyclic) bond motifs is 1. The third kappa shape index (κ3) is 29.3. The van der Waals surface area contributed by atoms with Gasteiger partial charge >= 0.3 is 17.9 Å². The van der Waals surface area contributed by atoms with Gasteiger partial charge in [0.1, 0.15) is 193 Å². The van der Waals surface area contributed by atoms with Crippen molar-refractivity contribution < 1.29 is 231 Å². The third-order valence-corrected chi connectivity index (χ3v) is 29.8. The molecule has 139 heavy (non-hydrogen) atoms. The lowest BCUT2D eigenvalue weighted by atomic mass is 9.73. The molecule has 0 radical (unpaired) electrons. The number of carboxylic acids is 2. The molecule has 798 valence electrons. The molecular formula is C86H139N3O47S3. The summed E-state index contributed by atoms with van der Waals surface area (Å²) in [6, 6.07) is -1.18. The van der Waals surface area contributed by atoms with Gasteiger partial charge in [-0.05, 0) is 58.2 Å². The molecule has 44 atom stereocenters. The number of nitrogens with two attached hydrogens (primary N) is 1. The fourth-order valence-corrected chi connectivity index (χ4v) is 20.7. The van der Waals surface area contributed by atoms with Crippen LogP contribution in [0, 0.1) is 23.2 Å². The van der Waals surface area contributed by atoms with Crippen LogP contribution in [0.4, 0.5) is 0 Å². The van der Waals surface area contributed by atoms with Crippen molar-refractivity contribution in [1.29, 1.82) is 0 Å². The first kappa shape index (κ1) is 117. The number of hydrogen-bond acceptors (Lipinski definition) is 51. The van der Waals surface area contributed by atoms with Crippen LogP contribution in [-0.2, 0) is 121 Å². The summed E-state index contributed by atoms with van der Waals surface area (Å²) in [5, 5.41) is 264. The highest BCUT2D eigenvalue weighted by molar-refractivity contribution is 7.99. The summed E-state index contributed by atoms with van der Waals surface area (Å²) in [7, 11) is 1.35. The predicted molar refractivity (Wildman–Crippen MR) is 471 cm³/mol. The molecule has 23 aliphatic rings. The van der Waals surface area contributed by atoms with Crippen molar-refractivity contribution in [3.63, 3.8) is 0 Å². The molecule has 0 spiro atoms. The maximum atomic E-state index is 13.2. The van der Waals surface area contributed by atoms with Gasteiger partial charge in [-0.25, -0.2) is 4.98 Å². The number of thiazole rings is 1. The second kappa shape index (κ2) is 53.2. The normalized spacial score (nSPS) is 42.8. The van der Waals surface area contributed by atoms with Crippen LogP contribution in [0.3, 0.4) is 0 Å². The van der Waals surface area contributed by atoms with Crippen molar-refractivity contribution in [3.05, 3.63) is 21.7 Å². The first-order valence-corrected chi connectivity index (χ1v) is 49.3. The molecule has 23 fully saturated rings. The number of aromatic nitrogens is 1. The average Bonchev–Trinajstić information content (AvgIpc) is 1.43. The molecule has 0 aromatic carbocycles. The minimum Gasteiger partial charge on any atom is -0.481 e. The second-order valence-electron chi connectivity index (χ2n) is 37.1. The SMILES string of the molecule is C/C(=C\c1csc(CN)n1)C1C[C@@H]2O[C@]2(C)CCC[C@H](C)[C@H](O)[C@@H](C)C(=O)C(C)(C)[C@@H](O)CC(=O)O1.CN[C@H](CSCC1O[C@@H]2O[C@@H]3C(CO)O[C@H](O[C@@H]4C(CO)O[C@H](O[C@@H]5C(CO)O[C@H](O[C@@H]6C(CSC[C@@H](CC(=O)CCOCCOCCC(C)=O)C(=O)O)O[C@H](O[C@@H]7C(CO)O[C@H](O[C@@H]8C(CO)O[C@H](O[C@H]1[C@H](O)C2O)C(O)[C@H]8O)C(O)[C@H]7O)C(O)[C@H]6O)C(O)[C@H]5O)C(O)[C@H]4O)C(O)[C@H]3O)C(=O)O. The van der Waals surface area contributed by atoms with Crippen molar-refractivity contribution in [3.8, 4) is 0 Å². The van der Waals surface area contributed by atoms with Crippen LogP contribution >= 0.6 is 34.9 Å². The molecule has 1 aromatic rings. The first-order chi connectivity index (χ1) is 65.8. The Labute approximate surface area is 811 Å². The Morgan fingerprint density at radius 3 is 1.23 bits per heavy atom. The van der Waals surface area contributed by atoms with E-state index in [4.69, 9.17) is 91.0 Å². The van der Waals surface area contributed by atoms with E-state index >= 15 is 0 Å². The topological polar surface area (TPSA) is 788 Å². The number of ether oxygens (including phenoxy) is 18. The number of aliphatic carboxylic acids is 2. The van der Waals surface area contributed by atoms with Gasteiger partial charge in [0, 0.05) is 66.5 Å². The lowest BCUT2D eigenvalue weighted by molar-refractivity contribution is -0.395. The van der Waals surface area contributed by atoms with E-state index in [9.17, 15) is 146 Å². The molecular weight excluding hydrogens is 1920 g/mol. The number of carboxylic acid groups (broad SMARTS) is 2. The van der Waals surface area contributed by atoms with Gasteiger partial charge in [0.25, 0.3) is 0 Å². The number of nitrogens with zero attached hydrogens (tertiary/aromatic N) is 1. The minimum atomic E-state index is -2.31. The summed E-state index contributed by atoms with van der Waals surface area (Å²) in [5.74, 6) is -7.68. The standard InChI is InChI=1S/C59H97NO41S2.C27H42N2O6S/c1-19(66)3-5-86-7-8-87-6-4-21(67)9-20(51(82)83)15-102-17-28-49-35(73)42(80)58(93-28)98-47-26(13-64)89-55(38(76)31(47)69)97-46-25(12-63)92-57(41(79)34(46)72)101-50-29(18-103-16-22(60-2)52(84)85)94-59(43(81)36(50)74)99-48-27(14-65)90-54(39(77)32(48)70)95-44-23(10-61)88-53(37(75)30(44)68)96-45-24(11-62)91-56(100-49)40(78)33(45)71;1-15-8-7-9-27(6)21(35-27)11-19(16(2)10-18-14-36-22(13-28)29-18)34-23(31)12-20(30)26(4,5)25(33)17(3)24(15)32/h20,22-50,53-65,68-81H,3-18H2,1-2H3,(H,82,83)(H,84,85);10,14-15,17,19-21,24,30,32H,7-9,11-13,28H2,1-6H3/b;16-10+/t20-,22-,23?,24?,25?,26?,27?,28?,29?,30-,31-,32-,33-,34-,35-,36-,37?,38?,39?,40?,41?,42?,43?,44-,45-,46-,47-,48-,49-,50-,53-,54-,55-,56-,57-,58-,59-;15-,17+,19?,20-,21-,24-,27+/m10/s1. The summed E-state index contributed by atoms with van der Waals surface area (Å²) in [4.78, 5) is 79.4. The van der Waals surface area contributed by atoms with Crippen LogP contribution in [0.1, 0.15) is 111 Å². The molecule has 14 bridgehead atoms. The van der Waals surface area contributed by atoms with E-state index in [2.05, 4.69) is 17.2 Å². The van der Waals surface area contributed by atoms with Gasteiger partial charge < -0.3 is 214 Å². The number of aliphatic hydroxyl groups is 21. The lowest BCUT2D eigenvalue weighted by Crippen LogP contribution is -2.68. The van der Waals surface area contributed by atoms with Crippen LogP contribution < -0.4 is 11.1 Å². The van der Waals surface area contributed by atoms with Crippen LogP contribution in [0.15, 0.2) is 11.0 Å². The predicted octanol–water partition coefficient (Wildman–Crippen LogP) is -9.39.